The van der Waals surface area contributed by atoms with Crippen molar-refractivity contribution in [2.45, 2.75) is 56.9 Å². The Morgan fingerprint density at radius 1 is 1.22 bits per heavy atom. The van der Waals surface area contributed by atoms with Crippen molar-refractivity contribution >= 4 is 11.6 Å². The molecular weight excluding hydrogens is 471 g/mol. The lowest BCUT2D eigenvalue weighted by atomic mass is 9.78. The molecule has 2 N–H and O–H groups in total. The number of aromatic nitrogens is 3. The highest BCUT2D eigenvalue weighted by atomic mass is 19.4. The third-order valence-electron chi connectivity index (χ3n) is 7.41. The van der Waals surface area contributed by atoms with E-state index < -0.39 is 23.6 Å². The van der Waals surface area contributed by atoms with Crippen LogP contribution in [0.25, 0.3) is 0 Å². The molecule has 1 fully saturated rings. The van der Waals surface area contributed by atoms with Crippen LogP contribution in [0.5, 0.6) is 0 Å². The van der Waals surface area contributed by atoms with Crippen molar-refractivity contribution in [1.29, 1.82) is 0 Å². The second-order valence-electron chi connectivity index (χ2n) is 9.96. The van der Waals surface area contributed by atoms with Gasteiger partial charge >= 0.3 is 6.18 Å². The molecule has 190 valence electrons. The van der Waals surface area contributed by atoms with Crippen molar-refractivity contribution in [3.63, 3.8) is 0 Å². The van der Waals surface area contributed by atoms with E-state index in [0.29, 0.717) is 22.6 Å². The Kier molecular flexibility index (Phi) is 6.12. The average Bonchev–Trinajstić information content (AvgIpc) is 3.39. The van der Waals surface area contributed by atoms with Gasteiger partial charge in [-0.2, -0.15) is 13.2 Å². The van der Waals surface area contributed by atoms with E-state index in [1.807, 2.05) is 0 Å². The van der Waals surface area contributed by atoms with Crippen LogP contribution in [0.3, 0.4) is 0 Å². The summed E-state index contributed by atoms with van der Waals surface area (Å²) in [6, 6.07) is 9.66. The number of carbonyl (C=O) groups is 1. The first-order valence-electron chi connectivity index (χ1n) is 11.9. The summed E-state index contributed by atoms with van der Waals surface area (Å²) in [4.78, 5) is 14.8. The molecule has 3 aromatic rings. The van der Waals surface area contributed by atoms with E-state index in [1.165, 1.54) is 11.2 Å². The average molecular weight is 500 g/mol. The van der Waals surface area contributed by atoms with E-state index in [9.17, 15) is 23.1 Å². The molecule has 10 heteroatoms. The summed E-state index contributed by atoms with van der Waals surface area (Å²) in [5.74, 6) is -0.417. The SMILES string of the molecule is Cn1cnnc1[C@H](CO)c1cccc(N2Cc3c(cc(CNC4(C)CCC4)cc3C(F)(F)F)C2=O)c1. The number of nitrogens with one attached hydrogen (secondary N) is 1. The number of benzene rings is 2. The summed E-state index contributed by atoms with van der Waals surface area (Å²) in [5, 5.41) is 21.3. The van der Waals surface area contributed by atoms with Crippen LogP contribution in [0.4, 0.5) is 18.9 Å². The molecule has 0 saturated heterocycles. The maximum absolute atomic E-state index is 14.0. The van der Waals surface area contributed by atoms with Gasteiger partial charge in [0.1, 0.15) is 12.2 Å². The molecule has 1 saturated carbocycles. The normalized spacial score (nSPS) is 17.7. The van der Waals surface area contributed by atoms with Crippen LogP contribution in [0.2, 0.25) is 0 Å². The molecule has 0 radical (unpaired) electrons. The molecule has 5 rings (SSSR count). The van der Waals surface area contributed by atoms with Crippen molar-refractivity contribution < 1.29 is 23.1 Å². The van der Waals surface area contributed by atoms with Crippen molar-refractivity contribution in [3.8, 4) is 0 Å². The van der Waals surface area contributed by atoms with Gasteiger partial charge in [-0.1, -0.05) is 12.1 Å². The van der Waals surface area contributed by atoms with Crippen molar-refractivity contribution in [2.75, 3.05) is 11.5 Å². The second kappa shape index (κ2) is 9.01. The summed E-state index contributed by atoms with van der Waals surface area (Å²) in [7, 11) is 1.76. The zero-order valence-electron chi connectivity index (χ0n) is 20.1. The maximum atomic E-state index is 14.0. The number of carbonyl (C=O) groups excluding carboxylic acids is 1. The number of aliphatic hydroxyl groups is 1. The molecule has 0 bridgehead atoms. The molecule has 2 heterocycles. The van der Waals surface area contributed by atoms with Crippen LogP contribution in [0, 0.1) is 0 Å². The number of hydrogen-bond acceptors (Lipinski definition) is 5. The minimum atomic E-state index is -4.58. The van der Waals surface area contributed by atoms with E-state index in [2.05, 4.69) is 22.4 Å². The molecule has 2 aliphatic rings. The van der Waals surface area contributed by atoms with E-state index in [0.717, 1.165) is 25.3 Å². The Balaban J connectivity index is 1.47. The molecule has 7 nitrogen and oxygen atoms in total. The van der Waals surface area contributed by atoms with Gasteiger partial charge in [0.25, 0.3) is 5.91 Å². The molecular formula is C26H28F3N5O2. The number of nitrogens with zero attached hydrogens (tertiary/aromatic N) is 4. The van der Waals surface area contributed by atoms with Gasteiger partial charge in [0.15, 0.2) is 0 Å². The fourth-order valence-corrected chi connectivity index (χ4v) is 5.08. The number of alkyl halides is 3. The standard InChI is InChI=1S/C26H28F3N5O2/c1-25(7-4-8-25)30-12-16-9-19-20(22(10-16)26(27,28)29)13-34(24(19)36)18-6-3-5-17(11-18)21(14-35)23-32-31-15-33(23)2/h3,5-6,9-11,15,21,30,35H,4,7-8,12-14H2,1-2H3/t21-/m1/s1. The van der Waals surface area contributed by atoms with Gasteiger partial charge in [0, 0.05) is 30.4 Å². The Bertz CT molecular complexity index is 1300. The van der Waals surface area contributed by atoms with E-state index in [4.69, 9.17) is 0 Å². The smallest absolute Gasteiger partial charge is 0.395 e. The Labute approximate surface area is 207 Å². The third-order valence-corrected chi connectivity index (χ3v) is 7.41. The zero-order chi connectivity index (χ0) is 25.7. The van der Waals surface area contributed by atoms with Gasteiger partial charge in [-0.25, -0.2) is 0 Å². The molecule has 1 aromatic heterocycles. The molecule has 1 amide bonds. The lowest BCUT2D eigenvalue weighted by Crippen LogP contribution is -2.47. The second-order valence-corrected chi connectivity index (χ2v) is 9.96. The van der Waals surface area contributed by atoms with Gasteiger partial charge in [-0.3, -0.25) is 4.79 Å². The molecule has 2 aromatic carbocycles. The minimum Gasteiger partial charge on any atom is -0.395 e. The minimum absolute atomic E-state index is 0.0106. The lowest BCUT2D eigenvalue weighted by molar-refractivity contribution is -0.138. The summed E-state index contributed by atoms with van der Waals surface area (Å²) in [6.45, 7) is 1.92. The molecule has 36 heavy (non-hydrogen) atoms. The van der Waals surface area contributed by atoms with Crippen molar-refractivity contribution in [2.24, 2.45) is 7.05 Å². The number of halogens is 3. The summed E-state index contributed by atoms with van der Waals surface area (Å²) in [5.41, 5.74) is 0.825. The van der Waals surface area contributed by atoms with Gasteiger partial charge in [0.2, 0.25) is 0 Å². The highest BCUT2D eigenvalue weighted by Crippen LogP contribution is 2.40. The maximum Gasteiger partial charge on any atom is 0.416 e. The highest BCUT2D eigenvalue weighted by Gasteiger charge is 2.41. The number of hydrogen-bond donors (Lipinski definition) is 2. The molecule has 1 aliphatic heterocycles. The topological polar surface area (TPSA) is 83.3 Å². The fraction of sp³-hybridized carbons (Fsp3) is 0.423. The van der Waals surface area contributed by atoms with Crippen LogP contribution >= 0.6 is 0 Å². The lowest BCUT2D eigenvalue weighted by Gasteiger charge is -2.39. The van der Waals surface area contributed by atoms with Crippen LogP contribution in [0.15, 0.2) is 42.7 Å². The number of aryl methyl sites for hydroxylation is 1. The van der Waals surface area contributed by atoms with E-state index in [-0.39, 0.29) is 36.4 Å². The largest absolute Gasteiger partial charge is 0.416 e. The predicted octanol–water partition coefficient (Wildman–Crippen LogP) is 4.15. The fourth-order valence-electron chi connectivity index (χ4n) is 5.08. The van der Waals surface area contributed by atoms with Crippen molar-refractivity contribution in [1.82, 2.24) is 20.1 Å². The molecule has 0 spiro atoms. The van der Waals surface area contributed by atoms with Gasteiger partial charge in [0.05, 0.1) is 24.6 Å². The summed E-state index contributed by atoms with van der Waals surface area (Å²) >= 11 is 0. The van der Waals surface area contributed by atoms with Gasteiger partial charge in [-0.05, 0) is 67.1 Å². The van der Waals surface area contributed by atoms with Crippen LogP contribution in [0.1, 0.15) is 70.5 Å². The predicted molar refractivity (Wildman–Crippen MR) is 127 cm³/mol. The Morgan fingerprint density at radius 2 is 2.00 bits per heavy atom. The first-order valence-corrected chi connectivity index (χ1v) is 11.9. The monoisotopic (exact) mass is 499 g/mol. The number of anilines is 1. The first-order chi connectivity index (χ1) is 17.1. The molecule has 0 unspecified atom stereocenters. The van der Waals surface area contributed by atoms with Gasteiger partial charge in [-0.15, -0.1) is 10.2 Å². The van der Waals surface area contributed by atoms with Gasteiger partial charge < -0.3 is 19.9 Å². The molecule has 1 atom stereocenters. The van der Waals surface area contributed by atoms with Crippen LogP contribution < -0.4 is 10.2 Å². The van der Waals surface area contributed by atoms with Crippen molar-refractivity contribution in [3.05, 3.63) is 76.4 Å². The summed E-state index contributed by atoms with van der Waals surface area (Å²) < 4.78 is 43.8. The third kappa shape index (κ3) is 4.39. The van der Waals surface area contributed by atoms with E-state index >= 15 is 0 Å². The zero-order valence-corrected chi connectivity index (χ0v) is 20.1. The Morgan fingerprint density at radius 3 is 2.61 bits per heavy atom. The quantitative estimate of drug-likeness (QED) is 0.510. The Hall–Kier alpha value is -3.24. The first kappa shape index (κ1) is 24.5. The number of amides is 1. The number of rotatable bonds is 7. The van der Waals surface area contributed by atoms with E-state index in [1.54, 1.807) is 41.9 Å². The summed E-state index contributed by atoms with van der Waals surface area (Å²) in [6.07, 6.45) is 0.0130. The van der Waals surface area contributed by atoms with Crippen LogP contribution in [-0.4, -0.2) is 37.9 Å². The highest BCUT2D eigenvalue weighted by molar-refractivity contribution is 6.10. The number of aliphatic hydroxyl groups excluding tert-OH is 1. The molecule has 1 aliphatic carbocycles. The number of fused-ring (bicyclic) bond motifs is 1. The van der Waals surface area contributed by atoms with Crippen LogP contribution in [-0.2, 0) is 26.3 Å².